The molecule has 4 rings (SSSR count). The van der Waals surface area contributed by atoms with E-state index in [0.29, 0.717) is 18.7 Å². The number of benzene rings is 2. The number of carbonyl (C=O) groups is 2. The monoisotopic (exact) mass is 324 g/mol. The van der Waals surface area contributed by atoms with Crippen LogP contribution in [0.4, 0.5) is 5.69 Å². The van der Waals surface area contributed by atoms with Crippen molar-refractivity contribution in [2.75, 3.05) is 24.5 Å². The Labute approximate surface area is 140 Å². The van der Waals surface area contributed by atoms with E-state index in [0.717, 1.165) is 16.5 Å². The van der Waals surface area contributed by atoms with Gasteiger partial charge in [-0.15, -0.1) is 0 Å². The van der Waals surface area contributed by atoms with E-state index in [4.69, 9.17) is 4.74 Å². The summed E-state index contributed by atoms with van der Waals surface area (Å²) in [4.78, 5) is 28.9. The molecule has 2 atom stereocenters. The van der Waals surface area contributed by atoms with E-state index in [9.17, 15) is 9.59 Å². The third-order valence-electron chi connectivity index (χ3n) is 4.71. The van der Waals surface area contributed by atoms with Crippen molar-refractivity contribution in [3.05, 3.63) is 42.0 Å². The Kier molecular flexibility index (Phi) is 3.53. The van der Waals surface area contributed by atoms with E-state index in [1.165, 1.54) is 0 Å². The van der Waals surface area contributed by atoms with Crippen LogP contribution < -0.4 is 4.90 Å². The molecule has 2 amide bonds. The molecule has 0 aromatic heterocycles. The topological polar surface area (TPSA) is 49.9 Å². The third kappa shape index (κ3) is 2.36. The van der Waals surface area contributed by atoms with Crippen LogP contribution in [0.5, 0.6) is 0 Å². The van der Waals surface area contributed by atoms with Gasteiger partial charge in [0.25, 0.3) is 5.91 Å². The summed E-state index contributed by atoms with van der Waals surface area (Å²) in [5, 5.41) is 1.98. The van der Waals surface area contributed by atoms with Crippen LogP contribution in [0.15, 0.2) is 36.4 Å². The summed E-state index contributed by atoms with van der Waals surface area (Å²) in [5.41, 5.74) is 1.51. The van der Waals surface area contributed by atoms with Gasteiger partial charge in [-0.1, -0.05) is 24.3 Å². The van der Waals surface area contributed by atoms with Gasteiger partial charge in [0.2, 0.25) is 5.91 Å². The first kappa shape index (κ1) is 15.1. The molecule has 1 saturated heterocycles. The summed E-state index contributed by atoms with van der Waals surface area (Å²) in [6.07, 6.45) is 0.0419. The molecule has 0 bridgehead atoms. The summed E-state index contributed by atoms with van der Waals surface area (Å²) < 4.78 is 5.68. The smallest absolute Gasteiger partial charge is 0.259 e. The zero-order valence-corrected chi connectivity index (χ0v) is 13.9. The molecule has 124 valence electrons. The summed E-state index contributed by atoms with van der Waals surface area (Å²) in [6, 6.07) is 11.5. The number of hydrogen-bond acceptors (Lipinski definition) is 3. The van der Waals surface area contributed by atoms with Crippen LogP contribution in [-0.2, 0) is 9.53 Å². The second kappa shape index (κ2) is 5.60. The van der Waals surface area contributed by atoms with Gasteiger partial charge in [-0.05, 0) is 31.4 Å². The van der Waals surface area contributed by atoms with E-state index in [2.05, 4.69) is 0 Å². The lowest BCUT2D eigenvalue weighted by Gasteiger charge is -2.36. The number of amides is 2. The number of anilines is 1. The highest BCUT2D eigenvalue weighted by Gasteiger charge is 2.33. The Hall–Kier alpha value is -2.40. The van der Waals surface area contributed by atoms with Gasteiger partial charge in [-0.2, -0.15) is 0 Å². The standard InChI is InChI=1S/C19H20N2O3/c1-12-9-20(10-13(2)24-12)17(22)11-21-16-8-4-6-14-5-3-7-15(18(14)16)19(21)23/h3-8,12-13H,9-11H2,1-2H3/t12-,13-/m1/s1. The van der Waals surface area contributed by atoms with Gasteiger partial charge in [0.15, 0.2) is 0 Å². The lowest BCUT2D eigenvalue weighted by molar-refractivity contribution is -0.141. The van der Waals surface area contributed by atoms with Crippen molar-refractivity contribution in [2.45, 2.75) is 26.1 Å². The van der Waals surface area contributed by atoms with E-state index < -0.39 is 0 Å². The zero-order valence-electron chi connectivity index (χ0n) is 13.9. The molecule has 0 N–H and O–H groups in total. The van der Waals surface area contributed by atoms with Gasteiger partial charge in [-0.3, -0.25) is 14.5 Å². The molecule has 2 aromatic carbocycles. The molecule has 1 fully saturated rings. The maximum Gasteiger partial charge on any atom is 0.259 e. The van der Waals surface area contributed by atoms with Gasteiger partial charge in [0, 0.05) is 24.0 Å². The highest BCUT2D eigenvalue weighted by Crippen LogP contribution is 2.37. The largest absolute Gasteiger partial charge is 0.372 e. The molecule has 0 radical (unpaired) electrons. The van der Waals surface area contributed by atoms with Crippen molar-refractivity contribution in [3.8, 4) is 0 Å². The minimum Gasteiger partial charge on any atom is -0.372 e. The van der Waals surface area contributed by atoms with Crippen molar-refractivity contribution < 1.29 is 14.3 Å². The summed E-state index contributed by atoms with van der Waals surface area (Å²) >= 11 is 0. The molecular weight excluding hydrogens is 304 g/mol. The Morgan fingerprint density at radius 3 is 2.50 bits per heavy atom. The predicted molar refractivity (Wildman–Crippen MR) is 92.2 cm³/mol. The van der Waals surface area contributed by atoms with Gasteiger partial charge in [0.05, 0.1) is 17.9 Å². The first-order valence-corrected chi connectivity index (χ1v) is 8.31. The average Bonchev–Trinajstić information content (AvgIpc) is 2.82. The average molecular weight is 324 g/mol. The quantitative estimate of drug-likeness (QED) is 0.852. The van der Waals surface area contributed by atoms with Crippen LogP contribution in [0.2, 0.25) is 0 Å². The summed E-state index contributed by atoms with van der Waals surface area (Å²) in [6.45, 7) is 5.15. The number of nitrogens with zero attached hydrogens (tertiary/aromatic N) is 2. The lowest BCUT2D eigenvalue weighted by Crippen LogP contribution is -2.51. The fraction of sp³-hybridized carbons (Fsp3) is 0.368. The van der Waals surface area contributed by atoms with Crippen LogP contribution >= 0.6 is 0 Å². The first-order valence-electron chi connectivity index (χ1n) is 8.31. The zero-order chi connectivity index (χ0) is 16.8. The van der Waals surface area contributed by atoms with Crippen molar-refractivity contribution in [1.82, 2.24) is 4.90 Å². The number of rotatable bonds is 2. The third-order valence-corrected chi connectivity index (χ3v) is 4.71. The Bertz CT molecular complexity index is 817. The molecule has 5 nitrogen and oxygen atoms in total. The number of carbonyl (C=O) groups excluding carboxylic acids is 2. The molecule has 2 heterocycles. The summed E-state index contributed by atoms with van der Waals surface area (Å²) in [7, 11) is 0. The van der Waals surface area contributed by atoms with Gasteiger partial charge < -0.3 is 9.64 Å². The van der Waals surface area contributed by atoms with Crippen molar-refractivity contribution in [2.24, 2.45) is 0 Å². The Morgan fingerprint density at radius 1 is 1.12 bits per heavy atom. The normalized spacial score (nSPS) is 23.2. The summed E-state index contributed by atoms with van der Waals surface area (Å²) in [5.74, 6) is -0.125. The molecule has 2 aromatic rings. The molecule has 2 aliphatic heterocycles. The van der Waals surface area contributed by atoms with Crippen molar-refractivity contribution in [1.29, 1.82) is 0 Å². The Balaban J connectivity index is 1.61. The molecule has 0 unspecified atom stereocenters. The molecule has 0 aliphatic carbocycles. The second-order valence-electron chi connectivity index (χ2n) is 6.63. The molecular formula is C19H20N2O3. The van der Waals surface area contributed by atoms with Crippen LogP contribution in [0, 0.1) is 0 Å². The van der Waals surface area contributed by atoms with Crippen molar-refractivity contribution in [3.63, 3.8) is 0 Å². The maximum atomic E-state index is 12.8. The van der Waals surface area contributed by atoms with E-state index in [1.54, 1.807) is 9.80 Å². The molecule has 0 spiro atoms. The van der Waals surface area contributed by atoms with Gasteiger partial charge in [0.1, 0.15) is 6.54 Å². The number of hydrogen-bond donors (Lipinski definition) is 0. The van der Waals surface area contributed by atoms with Crippen LogP contribution in [0.1, 0.15) is 24.2 Å². The SMILES string of the molecule is C[C@@H]1CN(C(=O)CN2C(=O)c3cccc4cccc2c34)C[C@@H](C)O1. The fourth-order valence-corrected chi connectivity index (χ4v) is 3.75. The minimum atomic E-state index is -0.0930. The van der Waals surface area contributed by atoms with Crippen LogP contribution in [-0.4, -0.2) is 48.6 Å². The molecule has 24 heavy (non-hydrogen) atoms. The van der Waals surface area contributed by atoms with Crippen LogP contribution in [0.3, 0.4) is 0 Å². The van der Waals surface area contributed by atoms with Crippen LogP contribution in [0.25, 0.3) is 10.8 Å². The van der Waals surface area contributed by atoms with E-state index in [1.807, 2.05) is 50.2 Å². The van der Waals surface area contributed by atoms with E-state index >= 15 is 0 Å². The molecule has 5 heteroatoms. The highest BCUT2D eigenvalue weighted by molar-refractivity contribution is 6.26. The van der Waals surface area contributed by atoms with Gasteiger partial charge >= 0.3 is 0 Å². The predicted octanol–water partition coefficient (Wildman–Crippen LogP) is 2.44. The second-order valence-corrected chi connectivity index (χ2v) is 6.63. The molecule has 0 saturated carbocycles. The molecule has 2 aliphatic rings. The van der Waals surface area contributed by atoms with Gasteiger partial charge in [-0.25, -0.2) is 0 Å². The Morgan fingerprint density at radius 2 is 1.79 bits per heavy atom. The number of ether oxygens (including phenoxy) is 1. The lowest BCUT2D eigenvalue weighted by atomic mass is 10.1. The minimum absolute atomic E-state index is 0.0209. The van der Waals surface area contributed by atoms with E-state index in [-0.39, 0.29) is 30.6 Å². The maximum absolute atomic E-state index is 12.8. The highest BCUT2D eigenvalue weighted by atomic mass is 16.5. The van der Waals surface area contributed by atoms with Crippen molar-refractivity contribution >= 4 is 28.3 Å². The fourth-order valence-electron chi connectivity index (χ4n) is 3.75. The first-order chi connectivity index (χ1) is 11.5. The number of morpholine rings is 1.